The van der Waals surface area contributed by atoms with Gasteiger partial charge in [0.25, 0.3) is 0 Å². The molecule has 26 heavy (non-hydrogen) atoms. The summed E-state index contributed by atoms with van der Waals surface area (Å²) in [6.07, 6.45) is 2.70. The second-order valence-corrected chi connectivity index (χ2v) is 9.38. The molecule has 0 spiro atoms. The molecule has 0 N–H and O–H groups in total. The van der Waals surface area contributed by atoms with Crippen molar-refractivity contribution in [3.05, 3.63) is 104 Å². The van der Waals surface area contributed by atoms with E-state index in [1.807, 2.05) is 54.6 Å². The number of rotatable bonds is 7. The fourth-order valence-corrected chi connectivity index (χ4v) is 6.92. The van der Waals surface area contributed by atoms with Crippen LogP contribution in [0.15, 0.2) is 104 Å². The molecular weight excluding hydrogens is 339 g/mol. The number of allylic oxidation sites excluding steroid dienone is 1. The van der Waals surface area contributed by atoms with Gasteiger partial charge in [0.2, 0.25) is 0 Å². The van der Waals surface area contributed by atoms with Crippen molar-refractivity contribution < 1.29 is 9.32 Å². The van der Waals surface area contributed by atoms with Crippen LogP contribution in [0.5, 0.6) is 0 Å². The van der Waals surface area contributed by atoms with E-state index in [1.165, 1.54) is 0 Å². The van der Waals surface area contributed by atoms with Crippen LogP contribution in [0.25, 0.3) is 0 Å². The zero-order valence-electron chi connectivity index (χ0n) is 14.7. The van der Waals surface area contributed by atoms with E-state index < -0.39 is 7.49 Å². The Morgan fingerprint density at radius 3 is 1.50 bits per heavy atom. The molecule has 132 valence electrons. The van der Waals surface area contributed by atoms with Crippen LogP contribution in [0.4, 0.5) is 0 Å². The molecule has 0 fully saturated rings. The second kappa shape index (κ2) is 8.60. The molecular formula is C23H23O2P. The van der Waals surface area contributed by atoms with Gasteiger partial charge in [0, 0.05) is 0 Å². The molecule has 0 radical (unpaired) electrons. The first-order chi connectivity index (χ1) is 12.8. The van der Waals surface area contributed by atoms with Crippen LogP contribution in [0.3, 0.4) is 0 Å². The molecule has 0 amide bonds. The summed E-state index contributed by atoms with van der Waals surface area (Å²) in [5.41, 5.74) is 0. The molecule has 2 nitrogen and oxygen atoms in total. The van der Waals surface area contributed by atoms with Crippen LogP contribution >= 0.6 is 7.49 Å². The van der Waals surface area contributed by atoms with Crippen molar-refractivity contribution in [2.45, 2.75) is 12.8 Å². The third-order valence-corrected chi connectivity index (χ3v) is 8.33. The molecule has 0 aliphatic heterocycles. The molecule has 0 unspecified atom stereocenters. The van der Waals surface area contributed by atoms with E-state index in [1.54, 1.807) is 6.08 Å². The fourth-order valence-electron chi connectivity index (χ4n) is 3.14. The van der Waals surface area contributed by atoms with Crippen LogP contribution in [0.2, 0.25) is 0 Å². The van der Waals surface area contributed by atoms with Gasteiger partial charge in [-0.2, -0.15) is 0 Å². The minimum absolute atomic E-state index is 0.187. The number of carbonyl (C=O) groups excluding carboxylic acids is 1. The Labute approximate surface area is 155 Å². The summed E-state index contributed by atoms with van der Waals surface area (Å²) < 4.78 is 6.35. The van der Waals surface area contributed by atoms with E-state index in [9.17, 15) is 4.79 Å². The first-order valence-corrected chi connectivity index (χ1v) is 10.7. The van der Waals surface area contributed by atoms with Gasteiger partial charge in [-0.25, -0.2) is 0 Å². The SMILES string of the molecule is C=CCCC(=O)O[PH](c1ccccc1)(c1ccccc1)c1ccccc1. The first-order valence-electron chi connectivity index (χ1n) is 8.76. The van der Waals surface area contributed by atoms with Gasteiger partial charge in [-0.3, -0.25) is 0 Å². The molecule has 0 bridgehead atoms. The molecule has 0 aliphatic rings. The summed E-state index contributed by atoms with van der Waals surface area (Å²) in [7, 11) is -2.92. The zero-order valence-corrected chi connectivity index (χ0v) is 15.7. The molecule has 0 atom stereocenters. The monoisotopic (exact) mass is 362 g/mol. The summed E-state index contributed by atoms with van der Waals surface area (Å²) in [6.45, 7) is 3.71. The summed E-state index contributed by atoms with van der Waals surface area (Å²) in [5, 5.41) is 3.18. The normalized spacial score (nSPS) is 11.5. The van der Waals surface area contributed by atoms with Gasteiger partial charge in [-0.15, -0.1) is 0 Å². The van der Waals surface area contributed by atoms with Crippen molar-refractivity contribution in [2.24, 2.45) is 0 Å². The Hall–Kier alpha value is -2.70. The molecule has 3 aromatic rings. The molecule has 0 aromatic heterocycles. The Kier molecular flexibility index (Phi) is 5.99. The van der Waals surface area contributed by atoms with Crippen molar-refractivity contribution in [1.82, 2.24) is 0 Å². The quantitative estimate of drug-likeness (QED) is 0.466. The molecule has 3 aromatic carbocycles. The van der Waals surface area contributed by atoms with Crippen molar-refractivity contribution in [2.75, 3.05) is 0 Å². The average Bonchev–Trinajstić information content (AvgIpc) is 2.72. The Morgan fingerprint density at radius 2 is 1.15 bits per heavy atom. The van der Waals surface area contributed by atoms with Crippen LogP contribution in [0.1, 0.15) is 12.8 Å². The Bertz CT molecular complexity index is 748. The first kappa shape index (κ1) is 18.1. The van der Waals surface area contributed by atoms with E-state index in [2.05, 4.69) is 43.0 Å². The van der Waals surface area contributed by atoms with Gasteiger partial charge in [-0.1, -0.05) is 0 Å². The van der Waals surface area contributed by atoms with Crippen molar-refractivity contribution in [3.63, 3.8) is 0 Å². The van der Waals surface area contributed by atoms with Gasteiger partial charge in [0.05, 0.1) is 0 Å². The third kappa shape index (κ3) is 3.76. The van der Waals surface area contributed by atoms with Crippen LogP contribution in [-0.2, 0) is 9.32 Å². The van der Waals surface area contributed by atoms with Crippen molar-refractivity contribution in [1.29, 1.82) is 0 Å². The molecule has 0 saturated heterocycles. The van der Waals surface area contributed by atoms with E-state index in [-0.39, 0.29) is 5.97 Å². The topological polar surface area (TPSA) is 26.3 Å². The van der Waals surface area contributed by atoms with Crippen LogP contribution in [-0.4, -0.2) is 5.97 Å². The molecule has 3 heteroatoms. The fraction of sp³-hybridized carbons (Fsp3) is 0.0870. The molecule has 3 rings (SSSR count). The Balaban J connectivity index is 2.21. The van der Waals surface area contributed by atoms with Crippen molar-refractivity contribution in [3.8, 4) is 0 Å². The maximum atomic E-state index is 12.7. The summed E-state index contributed by atoms with van der Waals surface area (Å²) in [5.74, 6) is -0.187. The predicted molar refractivity (Wildman–Crippen MR) is 112 cm³/mol. The maximum absolute atomic E-state index is 12.7. The second-order valence-electron chi connectivity index (χ2n) is 6.08. The van der Waals surface area contributed by atoms with Gasteiger partial charge in [0.15, 0.2) is 0 Å². The third-order valence-electron chi connectivity index (χ3n) is 4.36. The minimum atomic E-state index is -2.92. The summed E-state index contributed by atoms with van der Waals surface area (Å²) >= 11 is 0. The average molecular weight is 362 g/mol. The summed E-state index contributed by atoms with van der Waals surface area (Å²) in [6, 6.07) is 30.3. The zero-order chi connectivity index (χ0) is 18.2. The number of hydrogen-bond donors (Lipinski definition) is 0. The van der Waals surface area contributed by atoms with E-state index in [4.69, 9.17) is 4.52 Å². The van der Waals surface area contributed by atoms with Gasteiger partial charge in [-0.05, 0) is 0 Å². The van der Waals surface area contributed by atoms with Crippen LogP contribution in [0, 0.1) is 0 Å². The number of hydrogen-bond acceptors (Lipinski definition) is 2. The number of carbonyl (C=O) groups is 1. The standard InChI is InChI=1S/C23H23O2P/c1-2-3-19-23(24)25-26(20-13-7-4-8-14-20,21-15-9-5-10-16-21)22-17-11-6-12-18-22/h2,4-18,26H,1,3,19H2. The molecule has 0 heterocycles. The number of benzene rings is 3. The molecule has 0 aliphatic carbocycles. The van der Waals surface area contributed by atoms with Crippen molar-refractivity contribution >= 4 is 29.4 Å². The predicted octanol–water partition coefficient (Wildman–Crippen LogP) is 4.14. The summed E-state index contributed by atoms with van der Waals surface area (Å²) in [4.78, 5) is 12.7. The van der Waals surface area contributed by atoms with E-state index in [0.717, 1.165) is 15.9 Å². The Morgan fingerprint density at radius 1 is 0.769 bits per heavy atom. The van der Waals surface area contributed by atoms with Crippen LogP contribution < -0.4 is 15.9 Å². The van der Waals surface area contributed by atoms with Gasteiger partial charge in [0.1, 0.15) is 0 Å². The van der Waals surface area contributed by atoms with E-state index >= 15 is 0 Å². The molecule has 0 saturated carbocycles. The van der Waals surface area contributed by atoms with E-state index in [0.29, 0.717) is 12.8 Å². The van der Waals surface area contributed by atoms with Gasteiger partial charge < -0.3 is 0 Å². The van der Waals surface area contributed by atoms with Gasteiger partial charge >= 0.3 is 155 Å².